The van der Waals surface area contributed by atoms with Crippen molar-refractivity contribution in [2.45, 2.75) is 13.5 Å². The number of hydrogen-bond acceptors (Lipinski definition) is 4. The van der Waals surface area contributed by atoms with E-state index in [1.165, 1.54) is 0 Å². The highest BCUT2D eigenvalue weighted by Crippen LogP contribution is 2.17. The Labute approximate surface area is 92.0 Å². The second-order valence-electron chi connectivity index (χ2n) is 3.14. The molecule has 0 fully saturated rings. The molecule has 0 unspecified atom stereocenters. The Morgan fingerprint density at radius 1 is 1.33 bits per heavy atom. The van der Waals surface area contributed by atoms with E-state index in [9.17, 15) is 0 Å². The first kappa shape index (κ1) is 9.98. The van der Waals surface area contributed by atoms with Crippen molar-refractivity contribution in [2.24, 2.45) is 0 Å². The summed E-state index contributed by atoms with van der Waals surface area (Å²) >= 11 is 1.61. The van der Waals surface area contributed by atoms with E-state index in [0.29, 0.717) is 6.61 Å². The van der Waals surface area contributed by atoms with E-state index in [1.807, 2.05) is 12.3 Å². The van der Waals surface area contributed by atoms with Crippen LogP contribution in [0.15, 0.2) is 29.6 Å². The van der Waals surface area contributed by atoms with Crippen LogP contribution in [0.1, 0.15) is 10.7 Å². The molecule has 4 heteroatoms. The summed E-state index contributed by atoms with van der Waals surface area (Å²) in [6.45, 7) is 2.43. The lowest BCUT2D eigenvalue weighted by atomic mass is 10.3. The van der Waals surface area contributed by atoms with Gasteiger partial charge in [-0.25, -0.2) is 4.98 Å². The van der Waals surface area contributed by atoms with E-state index in [2.05, 4.69) is 4.98 Å². The van der Waals surface area contributed by atoms with Crippen LogP contribution < -0.4 is 4.74 Å². The van der Waals surface area contributed by atoms with Crippen molar-refractivity contribution in [1.29, 1.82) is 0 Å². The van der Waals surface area contributed by atoms with Gasteiger partial charge in [-0.3, -0.25) is 0 Å². The first-order valence-electron chi connectivity index (χ1n) is 4.57. The molecule has 1 N–H and O–H groups in total. The third kappa shape index (κ3) is 2.70. The third-order valence-electron chi connectivity index (χ3n) is 1.89. The monoisotopic (exact) mass is 221 g/mol. The van der Waals surface area contributed by atoms with E-state index in [4.69, 9.17) is 9.84 Å². The fourth-order valence-corrected chi connectivity index (χ4v) is 1.77. The van der Waals surface area contributed by atoms with Gasteiger partial charge in [-0.05, 0) is 31.2 Å². The maximum Gasteiger partial charge on any atom is 0.131 e. The standard InChI is InChI=1S/C11H11NO2S/c1-8-12-9(7-15-8)6-14-11-4-2-10(13)3-5-11/h2-5,7,13H,6H2,1H3. The van der Waals surface area contributed by atoms with E-state index in [1.54, 1.807) is 35.6 Å². The Balaban J connectivity index is 1.96. The van der Waals surface area contributed by atoms with Gasteiger partial charge in [0.25, 0.3) is 0 Å². The molecule has 1 aromatic carbocycles. The Hall–Kier alpha value is -1.55. The van der Waals surface area contributed by atoms with E-state index in [0.717, 1.165) is 16.5 Å². The highest BCUT2D eigenvalue weighted by atomic mass is 32.1. The highest BCUT2D eigenvalue weighted by Gasteiger charge is 1.99. The van der Waals surface area contributed by atoms with Gasteiger partial charge in [0.2, 0.25) is 0 Å². The number of benzene rings is 1. The van der Waals surface area contributed by atoms with Crippen LogP contribution in [-0.4, -0.2) is 10.1 Å². The zero-order valence-electron chi connectivity index (χ0n) is 8.30. The molecule has 2 rings (SSSR count). The van der Waals surface area contributed by atoms with Gasteiger partial charge in [-0.15, -0.1) is 11.3 Å². The van der Waals surface area contributed by atoms with Crippen molar-refractivity contribution >= 4 is 11.3 Å². The number of aromatic nitrogens is 1. The molecule has 0 amide bonds. The van der Waals surface area contributed by atoms with Crippen LogP contribution in [0.2, 0.25) is 0 Å². The summed E-state index contributed by atoms with van der Waals surface area (Å²) in [6.07, 6.45) is 0. The summed E-state index contributed by atoms with van der Waals surface area (Å²) in [6, 6.07) is 6.66. The second kappa shape index (κ2) is 4.31. The number of phenolic OH excluding ortho intramolecular Hbond substituents is 1. The predicted octanol–water partition coefficient (Wildman–Crippen LogP) is 2.74. The molecule has 15 heavy (non-hydrogen) atoms. The SMILES string of the molecule is Cc1nc(COc2ccc(O)cc2)cs1. The van der Waals surface area contributed by atoms with Gasteiger partial charge in [0.05, 0.1) is 10.7 Å². The number of aromatic hydroxyl groups is 1. The Morgan fingerprint density at radius 3 is 2.67 bits per heavy atom. The van der Waals surface area contributed by atoms with Crippen LogP contribution >= 0.6 is 11.3 Å². The lowest BCUT2D eigenvalue weighted by Crippen LogP contribution is -1.95. The Morgan fingerprint density at radius 2 is 2.07 bits per heavy atom. The van der Waals surface area contributed by atoms with Gasteiger partial charge in [-0.1, -0.05) is 0 Å². The molecule has 2 aromatic rings. The summed E-state index contributed by atoms with van der Waals surface area (Å²) in [4.78, 5) is 4.29. The molecule has 0 aliphatic carbocycles. The molecular formula is C11H11NO2S. The van der Waals surface area contributed by atoms with Crippen molar-refractivity contribution in [2.75, 3.05) is 0 Å². The van der Waals surface area contributed by atoms with E-state index < -0.39 is 0 Å². The maximum absolute atomic E-state index is 9.08. The van der Waals surface area contributed by atoms with Crippen LogP contribution in [0.3, 0.4) is 0 Å². The second-order valence-corrected chi connectivity index (χ2v) is 4.20. The van der Waals surface area contributed by atoms with Gasteiger partial charge >= 0.3 is 0 Å². The molecule has 78 valence electrons. The van der Waals surface area contributed by atoms with Crippen LogP contribution in [0.25, 0.3) is 0 Å². The molecule has 0 aliphatic heterocycles. The lowest BCUT2D eigenvalue weighted by Gasteiger charge is -2.03. The fourth-order valence-electron chi connectivity index (χ4n) is 1.17. The molecule has 1 heterocycles. The quantitative estimate of drug-likeness (QED) is 0.866. The highest BCUT2D eigenvalue weighted by molar-refractivity contribution is 7.09. The molecule has 3 nitrogen and oxygen atoms in total. The molecule has 0 saturated heterocycles. The fraction of sp³-hybridized carbons (Fsp3) is 0.182. The van der Waals surface area contributed by atoms with Gasteiger partial charge in [0.1, 0.15) is 18.1 Å². The van der Waals surface area contributed by atoms with Crippen molar-refractivity contribution in [3.05, 3.63) is 40.3 Å². The Bertz CT molecular complexity index is 436. The third-order valence-corrected chi connectivity index (χ3v) is 2.71. The Kier molecular flexibility index (Phi) is 2.87. The molecule has 0 aliphatic rings. The number of phenols is 1. The summed E-state index contributed by atoms with van der Waals surface area (Å²) in [5, 5.41) is 12.1. The summed E-state index contributed by atoms with van der Waals surface area (Å²) in [7, 11) is 0. The van der Waals surface area contributed by atoms with Crippen molar-refractivity contribution in [1.82, 2.24) is 4.98 Å². The zero-order chi connectivity index (χ0) is 10.7. The van der Waals surface area contributed by atoms with Gasteiger partial charge in [-0.2, -0.15) is 0 Å². The average Bonchev–Trinajstić information content (AvgIpc) is 2.64. The molecule has 0 spiro atoms. The number of ether oxygens (including phenoxy) is 1. The summed E-state index contributed by atoms with van der Waals surface area (Å²) in [5.41, 5.74) is 0.936. The minimum atomic E-state index is 0.242. The number of thiazole rings is 1. The minimum absolute atomic E-state index is 0.242. The van der Waals surface area contributed by atoms with Crippen LogP contribution in [0.5, 0.6) is 11.5 Å². The first-order chi connectivity index (χ1) is 7.24. The van der Waals surface area contributed by atoms with Crippen LogP contribution in [0, 0.1) is 6.92 Å². The van der Waals surface area contributed by atoms with E-state index >= 15 is 0 Å². The lowest BCUT2D eigenvalue weighted by molar-refractivity contribution is 0.301. The van der Waals surface area contributed by atoms with Gasteiger partial charge in [0, 0.05) is 5.38 Å². The topological polar surface area (TPSA) is 42.4 Å². The van der Waals surface area contributed by atoms with Crippen LogP contribution in [0.4, 0.5) is 0 Å². The molecule has 0 saturated carbocycles. The molecule has 0 bridgehead atoms. The summed E-state index contributed by atoms with van der Waals surface area (Å²) < 4.78 is 5.49. The van der Waals surface area contributed by atoms with Crippen LogP contribution in [-0.2, 0) is 6.61 Å². The van der Waals surface area contributed by atoms with E-state index in [-0.39, 0.29) is 5.75 Å². The number of aryl methyl sites for hydroxylation is 1. The largest absolute Gasteiger partial charge is 0.508 e. The number of hydrogen-bond donors (Lipinski definition) is 1. The molecule has 0 atom stereocenters. The first-order valence-corrected chi connectivity index (χ1v) is 5.45. The van der Waals surface area contributed by atoms with Gasteiger partial charge < -0.3 is 9.84 Å². The molecule has 1 aromatic heterocycles. The predicted molar refractivity (Wildman–Crippen MR) is 59.3 cm³/mol. The maximum atomic E-state index is 9.08. The summed E-state index contributed by atoms with van der Waals surface area (Å²) in [5.74, 6) is 0.977. The minimum Gasteiger partial charge on any atom is -0.508 e. The number of rotatable bonds is 3. The normalized spacial score (nSPS) is 10.2. The zero-order valence-corrected chi connectivity index (χ0v) is 9.12. The number of nitrogens with zero attached hydrogens (tertiary/aromatic N) is 1. The van der Waals surface area contributed by atoms with Crippen molar-refractivity contribution in [3.8, 4) is 11.5 Å². The molecule has 0 radical (unpaired) electrons. The smallest absolute Gasteiger partial charge is 0.131 e. The molecular weight excluding hydrogens is 210 g/mol. The van der Waals surface area contributed by atoms with Gasteiger partial charge in [0.15, 0.2) is 0 Å². The average molecular weight is 221 g/mol. The van der Waals surface area contributed by atoms with Crippen molar-refractivity contribution in [3.63, 3.8) is 0 Å². The van der Waals surface area contributed by atoms with Crippen molar-refractivity contribution < 1.29 is 9.84 Å².